The minimum absolute atomic E-state index is 0.250. The van der Waals surface area contributed by atoms with E-state index >= 15 is 0 Å². The van der Waals surface area contributed by atoms with Gasteiger partial charge in [-0.15, -0.1) is 0 Å². The van der Waals surface area contributed by atoms with Crippen molar-refractivity contribution in [3.05, 3.63) is 27.2 Å². The summed E-state index contributed by atoms with van der Waals surface area (Å²) in [5.41, 5.74) is 0.690. The van der Waals surface area contributed by atoms with Crippen LogP contribution in [0.5, 0.6) is 5.75 Å². The van der Waals surface area contributed by atoms with Gasteiger partial charge in [-0.05, 0) is 37.5 Å². The summed E-state index contributed by atoms with van der Waals surface area (Å²) in [6, 6.07) is 3.40. The monoisotopic (exact) mass is 413 g/mol. The molecule has 5 nitrogen and oxygen atoms in total. The molecule has 1 aliphatic heterocycles. The maximum Gasteiger partial charge on any atom is 0.331 e. The molecule has 7 heteroatoms. The molecule has 1 saturated carbocycles. The van der Waals surface area contributed by atoms with E-state index in [2.05, 4.69) is 15.9 Å². The lowest BCUT2D eigenvalue weighted by Crippen LogP contribution is -2.37. The van der Waals surface area contributed by atoms with Crippen LogP contribution in [0.2, 0.25) is 5.02 Å². The Kier molecular flexibility index (Phi) is 4.97. The third-order valence-corrected chi connectivity index (χ3v) is 5.37. The van der Waals surface area contributed by atoms with E-state index in [9.17, 15) is 14.4 Å². The molecule has 2 aliphatic rings. The first-order valence-electron chi connectivity index (χ1n) is 7.90. The van der Waals surface area contributed by atoms with E-state index in [0.29, 0.717) is 10.6 Å². The van der Waals surface area contributed by atoms with Gasteiger partial charge in [0.25, 0.3) is 0 Å². The van der Waals surface area contributed by atoms with Gasteiger partial charge in [0, 0.05) is 4.47 Å². The third kappa shape index (κ3) is 3.22. The number of esters is 1. The molecule has 2 fully saturated rings. The molecule has 0 unspecified atom stereocenters. The van der Waals surface area contributed by atoms with Crippen LogP contribution < -0.4 is 4.74 Å². The number of halogens is 2. The second-order valence-electron chi connectivity index (χ2n) is 6.27. The highest BCUT2D eigenvalue weighted by atomic mass is 79.9. The zero-order chi connectivity index (χ0) is 17.4. The molecule has 0 N–H and O–H groups in total. The van der Waals surface area contributed by atoms with Crippen LogP contribution in [-0.4, -0.2) is 29.2 Å². The molecule has 2 atom stereocenters. The third-order valence-electron chi connectivity index (χ3n) is 4.63. The highest BCUT2D eigenvalue weighted by Crippen LogP contribution is 2.38. The van der Waals surface area contributed by atoms with Crippen LogP contribution in [0, 0.1) is 18.8 Å². The van der Waals surface area contributed by atoms with Gasteiger partial charge in [-0.25, -0.2) is 4.79 Å². The molecule has 1 aromatic carbocycles. The van der Waals surface area contributed by atoms with E-state index in [4.69, 9.17) is 16.3 Å². The molecule has 2 amide bonds. The van der Waals surface area contributed by atoms with Crippen LogP contribution >= 0.6 is 27.5 Å². The molecule has 0 spiro atoms. The summed E-state index contributed by atoms with van der Waals surface area (Å²) in [5.74, 6) is -1.45. The molecule has 128 valence electrons. The molecule has 1 saturated heterocycles. The number of hydrogen-bond acceptors (Lipinski definition) is 4. The van der Waals surface area contributed by atoms with Crippen molar-refractivity contribution in [1.29, 1.82) is 0 Å². The number of carbonyl (C=O) groups excluding carboxylic acids is 3. The number of aryl methyl sites for hydroxylation is 1. The van der Waals surface area contributed by atoms with E-state index in [1.165, 1.54) is 0 Å². The van der Waals surface area contributed by atoms with Gasteiger partial charge in [-0.1, -0.05) is 40.4 Å². The maximum absolute atomic E-state index is 12.4. The average Bonchev–Trinajstić information content (AvgIpc) is 2.76. The molecule has 0 bridgehead atoms. The van der Waals surface area contributed by atoms with Crippen LogP contribution in [0.4, 0.5) is 0 Å². The SMILES string of the molecule is Cc1cc(Br)cc(Cl)c1OC(=O)CN1C(=O)[C@H]2CCCC[C@@H]2C1=O. The fourth-order valence-electron chi connectivity index (χ4n) is 3.48. The van der Waals surface area contributed by atoms with E-state index in [0.717, 1.165) is 35.1 Å². The van der Waals surface area contributed by atoms with E-state index in [-0.39, 0.29) is 35.9 Å². The van der Waals surface area contributed by atoms with Gasteiger partial charge >= 0.3 is 5.97 Å². The predicted octanol–water partition coefficient (Wildman–Crippen LogP) is 3.49. The Bertz CT molecular complexity index is 674. The lowest BCUT2D eigenvalue weighted by molar-refractivity contribution is -0.148. The number of benzene rings is 1. The van der Waals surface area contributed by atoms with Gasteiger partial charge in [-0.2, -0.15) is 0 Å². The van der Waals surface area contributed by atoms with Crippen molar-refractivity contribution in [3.8, 4) is 5.75 Å². The van der Waals surface area contributed by atoms with E-state index < -0.39 is 5.97 Å². The molecule has 0 radical (unpaired) electrons. The molecule has 1 aliphatic carbocycles. The molecular weight excluding hydrogens is 398 g/mol. The van der Waals surface area contributed by atoms with Crippen molar-refractivity contribution in [2.75, 3.05) is 6.54 Å². The smallest absolute Gasteiger partial charge is 0.331 e. The normalized spacial score (nSPS) is 23.4. The van der Waals surface area contributed by atoms with Crippen LogP contribution in [0.15, 0.2) is 16.6 Å². The Morgan fingerprint density at radius 1 is 1.25 bits per heavy atom. The molecular formula is C17H17BrClNO4. The Morgan fingerprint density at radius 3 is 2.38 bits per heavy atom. The molecule has 1 heterocycles. The summed E-state index contributed by atoms with van der Waals surface area (Å²) in [6.07, 6.45) is 3.34. The Balaban J connectivity index is 1.71. The van der Waals surface area contributed by atoms with E-state index in [1.54, 1.807) is 19.1 Å². The van der Waals surface area contributed by atoms with Crippen LogP contribution in [0.25, 0.3) is 0 Å². The first-order valence-corrected chi connectivity index (χ1v) is 9.07. The number of likely N-dealkylation sites (tertiary alicyclic amines) is 1. The number of imide groups is 1. The standard InChI is InChI=1S/C17H17BrClNO4/c1-9-6-10(18)7-13(19)15(9)24-14(21)8-20-16(22)11-4-2-3-5-12(11)17(20)23/h6-7,11-12H,2-5,8H2,1H3/t11-,12-/m0/s1. The average molecular weight is 415 g/mol. The fraction of sp³-hybridized carbons (Fsp3) is 0.471. The van der Waals surface area contributed by atoms with Gasteiger partial charge < -0.3 is 4.74 Å². The number of ether oxygens (including phenoxy) is 1. The van der Waals surface area contributed by atoms with Crippen LogP contribution in [0.1, 0.15) is 31.2 Å². The van der Waals surface area contributed by atoms with Gasteiger partial charge in [0.1, 0.15) is 6.54 Å². The second-order valence-corrected chi connectivity index (χ2v) is 7.59. The minimum atomic E-state index is -0.664. The first kappa shape index (κ1) is 17.4. The summed E-state index contributed by atoms with van der Waals surface area (Å²) >= 11 is 9.41. The number of nitrogens with zero attached hydrogens (tertiary/aromatic N) is 1. The zero-order valence-electron chi connectivity index (χ0n) is 13.2. The number of fused-ring (bicyclic) bond motifs is 1. The minimum Gasteiger partial charge on any atom is -0.423 e. The number of hydrogen-bond donors (Lipinski definition) is 0. The van der Waals surface area contributed by atoms with Crippen LogP contribution in [-0.2, 0) is 14.4 Å². The number of amides is 2. The van der Waals surface area contributed by atoms with Gasteiger partial charge in [0.15, 0.2) is 5.75 Å². The van der Waals surface area contributed by atoms with Gasteiger partial charge in [0.05, 0.1) is 16.9 Å². The molecule has 0 aromatic heterocycles. The van der Waals surface area contributed by atoms with Crippen molar-refractivity contribution >= 4 is 45.3 Å². The van der Waals surface area contributed by atoms with Crippen LogP contribution in [0.3, 0.4) is 0 Å². The predicted molar refractivity (Wildman–Crippen MR) is 91.7 cm³/mol. The molecule has 1 aromatic rings. The topological polar surface area (TPSA) is 63.7 Å². The second kappa shape index (κ2) is 6.84. The van der Waals surface area contributed by atoms with E-state index in [1.807, 2.05) is 0 Å². The Hall–Kier alpha value is -1.40. The van der Waals surface area contributed by atoms with Gasteiger partial charge in [0.2, 0.25) is 11.8 Å². The highest BCUT2D eigenvalue weighted by Gasteiger charge is 2.48. The van der Waals surface area contributed by atoms with Crippen molar-refractivity contribution < 1.29 is 19.1 Å². The van der Waals surface area contributed by atoms with Gasteiger partial charge in [-0.3, -0.25) is 14.5 Å². The van der Waals surface area contributed by atoms with Crippen molar-refractivity contribution in [2.45, 2.75) is 32.6 Å². The lowest BCUT2D eigenvalue weighted by atomic mass is 9.81. The Labute approximate surface area is 153 Å². The van der Waals surface area contributed by atoms with Crippen molar-refractivity contribution in [3.63, 3.8) is 0 Å². The summed E-state index contributed by atoms with van der Waals surface area (Å²) in [5, 5.41) is 0.294. The summed E-state index contributed by atoms with van der Waals surface area (Å²) < 4.78 is 6.08. The quantitative estimate of drug-likeness (QED) is 0.431. The number of rotatable bonds is 3. The molecule has 3 rings (SSSR count). The lowest BCUT2D eigenvalue weighted by Gasteiger charge is -2.19. The Morgan fingerprint density at radius 2 is 1.83 bits per heavy atom. The van der Waals surface area contributed by atoms with Crippen molar-refractivity contribution in [1.82, 2.24) is 4.90 Å². The summed E-state index contributed by atoms with van der Waals surface area (Å²) in [6.45, 7) is 1.40. The highest BCUT2D eigenvalue weighted by molar-refractivity contribution is 9.10. The number of carbonyl (C=O) groups is 3. The largest absolute Gasteiger partial charge is 0.423 e. The first-order chi connectivity index (χ1) is 11.4. The fourth-order valence-corrected chi connectivity index (χ4v) is 4.49. The summed E-state index contributed by atoms with van der Waals surface area (Å²) in [4.78, 5) is 38.0. The molecule has 24 heavy (non-hydrogen) atoms. The zero-order valence-corrected chi connectivity index (χ0v) is 15.5. The van der Waals surface area contributed by atoms with Crippen molar-refractivity contribution in [2.24, 2.45) is 11.8 Å². The maximum atomic E-state index is 12.4. The summed E-state index contributed by atoms with van der Waals surface area (Å²) in [7, 11) is 0.